The third-order valence-electron chi connectivity index (χ3n) is 2.61. The Balaban J connectivity index is 2.32. The van der Waals surface area contributed by atoms with Crippen molar-refractivity contribution in [2.24, 2.45) is 5.92 Å². The Labute approximate surface area is 58.9 Å². The minimum atomic E-state index is -0.648. The fraction of sp³-hybridized carbons (Fsp3) is 0.714. The van der Waals surface area contributed by atoms with Gasteiger partial charge in [0.05, 0.1) is 0 Å². The Kier molecular flexibility index (Phi) is 0.938. The van der Waals surface area contributed by atoms with Gasteiger partial charge >= 0.3 is 0 Å². The molecule has 0 N–H and O–H groups in total. The van der Waals surface area contributed by atoms with Gasteiger partial charge in [0, 0.05) is 17.8 Å². The van der Waals surface area contributed by atoms with E-state index in [0.717, 1.165) is 19.3 Å². The van der Waals surface area contributed by atoms with Crippen LogP contribution in [0.5, 0.6) is 0 Å². The van der Waals surface area contributed by atoms with Crippen molar-refractivity contribution < 1.29 is 4.92 Å². The first-order chi connectivity index (χ1) is 4.73. The average molecular weight is 139 g/mol. The summed E-state index contributed by atoms with van der Waals surface area (Å²) in [5.74, 6) is 0.505. The largest absolute Gasteiger partial charge is 0.264 e. The Morgan fingerprint density at radius 1 is 1.70 bits per heavy atom. The summed E-state index contributed by atoms with van der Waals surface area (Å²) < 4.78 is 0. The molecule has 0 saturated heterocycles. The fourth-order valence-electron chi connectivity index (χ4n) is 1.95. The Morgan fingerprint density at radius 3 is 2.70 bits per heavy atom. The highest BCUT2D eigenvalue weighted by atomic mass is 16.6. The second-order valence-corrected chi connectivity index (χ2v) is 3.22. The van der Waals surface area contributed by atoms with Gasteiger partial charge in [-0.1, -0.05) is 6.08 Å². The van der Waals surface area contributed by atoms with Gasteiger partial charge in [-0.25, -0.2) is 0 Å². The lowest BCUT2D eigenvalue weighted by molar-refractivity contribution is -0.552. The number of hydrogen-bond donors (Lipinski definition) is 0. The van der Waals surface area contributed by atoms with Crippen LogP contribution in [-0.2, 0) is 0 Å². The minimum Gasteiger partial charge on any atom is -0.264 e. The van der Waals surface area contributed by atoms with Crippen LogP contribution in [0.2, 0.25) is 0 Å². The van der Waals surface area contributed by atoms with E-state index in [1.807, 2.05) is 6.08 Å². The van der Waals surface area contributed by atoms with Crippen molar-refractivity contribution in [3.8, 4) is 0 Å². The van der Waals surface area contributed by atoms with Crippen molar-refractivity contribution in [1.29, 1.82) is 0 Å². The zero-order valence-electron chi connectivity index (χ0n) is 5.62. The molecule has 3 nitrogen and oxygen atoms in total. The molecule has 2 aliphatic carbocycles. The van der Waals surface area contributed by atoms with Crippen molar-refractivity contribution in [1.82, 2.24) is 0 Å². The molecule has 0 spiro atoms. The van der Waals surface area contributed by atoms with E-state index in [9.17, 15) is 10.1 Å². The highest BCUT2D eigenvalue weighted by molar-refractivity contribution is 5.17. The molecule has 0 radical (unpaired) electrons. The Morgan fingerprint density at radius 2 is 2.50 bits per heavy atom. The monoisotopic (exact) mass is 139 g/mol. The van der Waals surface area contributed by atoms with E-state index in [0.29, 0.717) is 5.92 Å². The standard InChI is InChI=1S/C7H9NO2/c9-8(10)7-3-1-6(5-7)2-4-7/h1,3,6H,2,4-5H2. The molecule has 0 heterocycles. The fourth-order valence-corrected chi connectivity index (χ4v) is 1.95. The summed E-state index contributed by atoms with van der Waals surface area (Å²) in [6.45, 7) is 0. The zero-order chi connectivity index (χ0) is 7.19. The molecule has 0 aromatic carbocycles. The SMILES string of the molecule is O=[N+]([O-])C12C=CC(CC1)C2. The van der Waals surface area contributed by atoms with Crippen LogP contribution in [0.15, 0.2) is 12.2 Å². The van der Waals surface area contributed by atoms with Crippen LogP contribution in [0.25, 0.3) is 0 Å². The maximum Gasteiger partial charge on any atom is 0.240 e. The van der Waals surface area contributed by atoms with E-state index in [4.69, 9.17) is 0 Å². The highest BCUT2D eigenvalue weighted by Crippen LogP contribution is 2.44. The molecule has 1 fully saturated rings. The van der Waals surface area contributed by atoms with Crippen LogP contribution < -0.4 is 0 Å². The van der Waals surface area contributed by atoms with Gasteiger partial charge in [-0.15, -0.1) is 0 Å². The molecule has 54 valence electrons. The molecular weight excluding hydrogens is 130 g/mol. The molecule has 0 amide bonds. The summed E-state index contributed by atoms with van der Waals surface area (Å²) in [5.41, 5.74) is -0.648. The third-order valence-corrected chi connectivity index (χ3v) is 2.61. The normalized spacial score (nSPS) is 42.6. The molecule has 0 aliphatic heterocycles. The van der Waals surface area contributed by atoms with Crippen LogP contribution in [0, 0.1) is 16.0 Å². The van der Waals surface area contributed by atoms with Crippen LogP contribution >= 0.6 is 0 Å². The molecule has 2 atom stereocenters. The van der Waals surface area contributed by atoms with E-state index in [1.54, 1.807) is 6.08 Å². The van der Waals surface area contributed by atoms with Crippen LogP contribution in [-0.4, -0.2) is 10.5 Å². The summed E-state index contributed by atoms with van der Waals surface area (Å²) in [5, 5.41) is 10.5. The molecule has 1 saturated carbocycles. The van der Waals surface area contributed by atoms with Crippen molar-refractivity contribution >= 4 is 0 Å². The smallest absolute Gasteiger partial charge is 0.240 e. The minimum absolute atomic E-state index is 0.128. The number of allylic oxidation sites excluding steroid dienone is 1. The topological polar surface area (TPSA) is 43.1 Å². The van der Waals surface area contributed by atoms with Crippen molar-refractivity contribution in [2.75, 3.05) is 0 Å². The zero-order valence-corrected chi connectivity index (χ0v) is 5.62. The predicted octanol–water partition coefficient (Wildman–Crippen LogP) is 1.37. The van der Waals surface area contributed by atoms with Gasteiger partial charge in [-0.2, -0.15) is 0 Å². The van der Waals surface area contributed by atoms with E-state index in [2.05, 4.69) is 0 Å². The summed E-state index contributed by atoms with van der Waals surface area (Å²) in [7, 11) is 0. The quantitative estimate of drug-likeness (QED) is 0.313. The second-order valence-electron chi connectivity index (χ2n) is 3.22. The van der Waals surface area contributed by atoms with Gasteiger partial charge in [0.15, 0.2) is 0 Å². The summed E-state index contributed by atoms with van der Waals surface area (Å²) in [4.78, 5) is 10.4. The highest BCUT2D eigenvalue weighted by Gasteiger charge is 2.50. The predicted molar refractivity (Wildman–Crippen MR) is 36.2 cm³/mol. The lowest BCUT2D eigenvalue weighted by atomic mass is 10.0. The first-order valence-corrected chi connectivity index (χ1v) is 3.57. The van der Waals surface area contributed by atoms with Gasteiger partial charge in [0.1, 0.15) is 0 Å². The first kappa shape index (κ1) is 5.89. The molecular formula is C7H9NO2. The van der Waals surface area contributed by atoms with Crippen LogP contribution in [0.4, 0.5) is 0 Å². The second kappa shape index (κ2) is 1.59. The molecule has 0 aromatic heterocycles. The number of rotatable bonds is 1. The molecule has 2 bridgehead atoms. The molecule has 10 heavy (non-hydrogen) atoms. The maximum atomic E-state index is 10.5. The van der Waals surface area contributed by atoms with E-state index in [1.165, 1.54) is 0 Å². The number of nitro groups is 1. The van der Waals surface area contributed by atoms with E-state index in [-0.39, 0.29) is 4.92 Å². The summed E-state index contributed by atoms with van der Waals surface area (Å²) in [6.07, 6.45) is 6.28. The maximum absolute atomic E-state index is 10.5. The van der Waals surface area contributed by atoms with Gasteiger partial charge in [0.25, 0.3) is 0 Å². The van der Waals surface area contributed by atoms with Gasteiger partial charge in [0.2, 0.25) is 5.54 Å². The number of nitrogens with zero attached hydrogens (tertiary/aromatic N) is 1. The van der Waals surface area contributed by atoms with Crippen LogP contribution in [0.3, 0.4) is 0 Å². The lowest BCUT2D eigenvalue weighted by Gasteiger charge is -2.11. The molecule has 2 rings (SSSR count). The van der Waals surface area contributed by atoms with Crippen molar-refractivity contribution in [3.63, 3.8) is 0 Å². The van der Waals surface area contributed by atoms with Crippen LogP contribution in [0.1, 0.15) is 19.3 Å². The number of fused-ring (bicyclic) bond motifs is 2. The molecule has 3 heteroatoms. The lowest BCUT2D eigenvalue weighted by Crippen LogP contribution is -2.31. The Bertz CT molecular complexity index is 212. The van der Waals surface area contributed by atoms with Gasteiger partial charge < -0.3 is 0 Å². The molecule has 2 unspecified atom stereocenters. The molecule has 0 aromatic rings. The van der Waals surface area contributed by atoms with Crippen molar-refractivity contribution in [3.05, 3.63) is 22.3 Å². The first-order valence-electron chi connectivity index (χ1n) is 3.57. The van der Waals surface area contributed by atoms with Gasteiger partial charge in [-0.3, -0.25) is 10.1 Å². The third kappa shape index (κ3) is 0.549. The van der Waals surface area contributed by atoms with Crippen molar-refractivity contribution in [2.45, 2.75) is 24.8 Å². The summed E-state index contributed by atoms with van der Waals surface area (Å²) >= 11 is 0. The summed E-state index contributed by atoms with van der Waals surface area (Å²) in [6, 6.07) is 0. The Hall–Kier alpha value is -0.860. The van der Waals surface area contributed by atoms with E-state index < -0.39 is 5.54 Å². The van der Waals surface area contributed by atoms with E-state index >= 15 is 0 Å². The number of hydrogen-bond acceptors (Lipinski definition) is 2. The van der Waals surface area contributed by atoms with Gasteiger partial charge in [-0.05, 0) is 18.4 Å². The average Bonchev–Trinajstić information content (AvgIpc) is 2.45. The molecule has 2 aliphatic rings.